The maximum absolute atomic E-state index is 13.0. The molecular weight excluding hydrogens is 550 g/mol. The van der Waals surface area contributed by atoms with Gasteiger partial charge in [-0.05, 0) is 68.9 Å². The molecule has 5 fully saturated rings. The summed E-state index contributed by atoms with van der Waals surface area (Å²) in [6.07, 6.45) is 5.60. The van der Waals surface area contributed by atoms with E-state index in [9.17, 15) is 20.0 Å². The highest BCUT2D eigenvalue weighted by molar-refractivity contribution is 5.75. The Morgan fingerprint density at radius 3 is 2.33 bits per heavy atom. The van der Waals surface area contributed by atoms with Gasteiger partial charge in [0.25, 0.3) is 0 Å². The normalized spacial score (nSPS) is 39.4. The van der Waals surface area contributed by atoms with Gasteiger partial charge in [-0.15, -0.1) is 0 Å². The lowest BCUT2D eigenvalue weighted by Crippen LogP contribution is -2.57. The largest absolute Gasteiger partial charge is 0.385 e. The molecule has 1 spiro atoms. The third-order valence-corrected chi connectivity index (χ3v) is 12.5. The second kappa shape index (κ2) is 10.2. The molecule has 1 aromatic rings. The highest BCUT2D eigenvalue weighted by Gasteiger charge is 2.70. The Bertz CT molecular complexity index is 1330. The van der Waals surface area contributed by atoms with Gasteiger partial charge in [0.2, 0.25) is 5.54 Å². The van der Waals surface area contributed by atoms with Crippen molar-refractivity contribution in [2.24, 2.45) is 17.3 Å². The summed E-state index contributed by atoms with van der Waals surface area (Å²) in [4.78, 5) is 25.1. The first-order valence-electron chi connectivity index (χ1n) is 16.2. The van der Waals surface area contributed by atoms with Crippen LogP contribution in [0, 0.1) is 27.4 Å². The number of nitrogens with zero attached hydrogens (tertiary/aromatic N) is 1. The second-order valence-corrected chi connectivity index (χ2v) is 14.5. The predicted octanol–water partition coefficient (Wildman–Crippen LogP) is 5.56. The van der Waals surface area contributed by atoms with Crippen molar-refractivity contribution in [2.45, 2.75) is 114 Å². The van der Waals surface area contributed by atoms with E-state index in [0.29, 0.717) is 65.0 Å². The van der Waals surface area contributed by atoms with E-state index in [-0.39, 0.29) is 41.3 Å². The average Bonchev–Trinajstić information content (AvgIpc) is 3.69. The van der Waals surface area contributed by atoms with E-state index in [2.05, 4.69) is 31.2 Å². The van der Waals surface area contributed by atoms with Gasteiger partial charge >= 0.3 is 0 Å². The number of ketones is 1. The van der Waals surface area contributed by atoms with Gasteiger partial charge < -0.3 is 28.8 Å². The number of hydrogen-bond acceptors (Lipinski definition) is 8. The summed E-state index contributed by atoms with van der Waals surface area (Å²) in [6, 6.07) is 8.38. The molecule has 4 aliphatic carbocycles. The smallest absolute Gasteiger partial charge is 0.228 e. The number of hydrogen-bond donors (Lipinski definition) is 1. The zero-order chi connectivity index (χ0) is 30.3. The number of benzene rings is 1. The van der Waals surface area contributed by atoms with Gasteiger partial charge in [0, 0.05) is 53.9 Å². The van der Waals surface area contributed by atoms with Crippen LogP contribution in [0.3, 0.4) is 0 Å². The molecule has 0 radical (unpaired) electrons. The van der Waals surface area contributed by atoms with Crippen LogP contribution in [0.2, 0.25) is 0 Å². The van der Waals surface area contributed by atoms with Gasteiger partial charge in [0.05, 0.1) is 32.0 Å². The van der Waals surface area contributed by atoms with Gasteiger partial charge in [-0.1, -0.05) is 36.8 Å². The van der Waals surface area contributed by atoms with Crippen LogP contribution in [0.5, 0.6) is 0 Å². The number of aliphatic hydroxyl groups is 1. The zero-order valence-corrected chi connectivity index (χ0v) is 25.7. The highest BCUT2D eigenvalue weighted by atomic mass is 16.7. The average molecular weight is 596 g/mol. The summed E-state index contributed by atoms with van der Waals surface area (Å²) in [5.41, 5.74) is 1.71. The molecule has 234 valence electrons. The summed E-state index contributed by atoms with van der Waals surface area (Å²) < 4.78 is 24.0. The number of carbonyl (C=O) groups excluding carboxylic acids is 1. The summed E-state index contributed by atoms with van der Waals surface area (Å²) in [5, 5.41) is 25.3. The van der Waals surface area contributed by atoms with Crippen molar-refractivity contribution in [1.82, 2.24) is 0 Å². The molecule has 1 aromatic carbocycles. The molecule has 0 unspecified atom stereocenters. The molecule has 0 amide bonds. The number of fused-ring (bicyclic) bond motifs is 4. The maximum Gasteiger partial charge on any atom is 0.228 e. The van der Waals surface area contributed by atoms with Crippen LogP contribution in [-0.4, -0.2) is 59.2 Å². The van der Waals surface area contributed by atoms with Crippen molar-refractivity contribution in [3.63, 3.8) is 0 Å². The quantitative estimate of drug-likeness (QED) is 0.258. The number of Topliss-reactive ketones (excluding diaryl/α,β-unsaturated/α-hetero) is 1. The van der Waals surface area contributed by atoms with Gasteiger partial charge in [0.15, 0.2) is 11.6 Å². The first-order valence-corrected chi connectivity index (χ1v) is 16.2. The zero-order valence-electron chi connectivity index (χ0n) is 25.7. The molecule has 2 saturated heterocycles. The predicted molar refractivity (Wildman–Crippen MR) is 157 cm³/mol. The van der Waals surface area contributed by atoms with E-state index >= 15 is 0 Å². The van der Waals surface area contributed by atoms with Crippen molar-refractivity contribution < 1.29 is 33.8 Å². The molecular formula is C34H45NO8. The molecule has 0 bridgehead atoms. The van der Waals surface area contributed by atoms with Crippen molar-refractivity contribution in [2.75, 3.05) is 26.4 Å². The second-order valence-electron chi connectivity index (χ2n) is 14.5. The third-order valence-electron chi connectivity index (χ3n) is 12.5. The fourth-order valence-corrected chi connectivity index (χ4v) is 10.3. The van der Waals surface area contributed by atoms with E-state index in [1.807, 2.05) is 6.92 Å². The van der Waals surface area contributed by atoms with Crippen molar-refractivity contribution in [3.8, 4) is 0 Å². The van der Waals surface area contributed by atoms with E-state index in [1.54, 1.807) is 0 Å². The molecule has 2 aliphatic heterocycles. The van der Waals surface area contributed by atoms with Crippen molar-refractivity contribution in [1.29, 1.82) is 0 Å². The minimum Gasteiger partial charge on any atom is -0.385 e. The fraction of sp³-hybridized carbons (Fsp3) is 0.735. The van der Waals surface area contributed by atoms with Crippen LogP contribution >= 0.6 is 0 Å². The van der Waals surface area contributed by atoms with Crippen molar-refractivity contribution in [3.05, 3.63) is 56.7 Å². The van der Waals surface area contributed by atoms with Crippen LogP contribution in [0.1, 0.15) is 102 Å². The van der Waals surface area contributed by atoms with Gasteiger partial charge in [-0.2, -0.15) is 0 Å². The minimum atomic E-state index is -1.15. The van der Waals surface area contributed by atoms with E-state index < -0.39 is 28.1 Å². The Kier molecular flexibility index (Phi) is 6.99. The van der Waals surface area contributed by atoms with Crippen LogP contribution in [0.25, 0.3) is 0 Å². The molecule has 3 saturated carbocycles. The van der Waals surface area contributed by atoms with Gasteiger partial charge in [-0.3, -0.25) is 10.1 Å². The molecule has 9 heteroatoms. The molecule has 43 heavy (non-hydrogen) atoms. The van der Waals surface area contributed by atoms with E-state index in [4.69, 9.17) is 18.9 Å². The summed E-state index contributed by atoms with van der Waals surface area (Å²) in [6.45, 7) is 7.81. The standard InChI is InChI=1S/C34H45NO8/c1-22(36)8-13-33(35(38)39)14-10-27-25-9-12-32(37)21-34(42-18-19-43-34)15-11-28(32)29(25)26(20-30(27,33)2)23-4-6-24(7-5-23)31(3)40-16-17-41-31/h4-7,25-27,37H,8-21H2,1-3H3/t25-,26+,27-,30-,32+,33-/m0/s1. The van der Waals surface area contributed by atoms with Crippen LogP contribution in [-0.2, 0) is 29.5 Å². The fourth-order valence-electron chi connectivity index (χ4n) is 10.3. The molecule has 1 N–H and O–H groups in total. The number of nitro groups is 1. The Balaban J connectivity index is 1.33. The summed E-state index contributed by atoms with van der Waals surface area (Å²) in [5.74, 6) is -1.30. The Hall–Kier alpha value is -2.17. The lowest BCUT2D eigenvalue weighted by molar-refractivity contribution is -0.591. The van der Waals surface area contributed by atoms with E-state index in [1.165, 1.54) is 12.5 Å². The highest BCUT2D eigenvalue weighted by Crippen LogP contribution is 2.69. The van der Waals surface area contributed by atoms with Gasteiger partial charge in [-0.25, -0.2) is 0 Å². The number of ether oxygens (including phenoxy) is 4. The first kappa shape index (κ1) is 29.5. The molecule has 6 aliphatic rings. The Morgan fingerprint density at radius 2 is 1.67 bits per heavy atom. The molecule has 2 heterocycles. The van der Waals surface area contributed by atoms with Crippen LogP contribution in [0.4, 0.5) is 0 Å². The number of rotatable bonds is 6. The summed E-state index contributed by atoms with van der Waals surface area (Å²) >= 11 is 0. The van der Waals surface area contributed by atoms with Crippen LogP contribution < -0.4 is 0 Å². The lowest BCUT2D eigenvalue weighted by atomic mass is 9.49. The maximum atomic E-state index is 13.0. The number of carbonyl (C=O) groups is 1. The van der Waals surface area contributed by atoms with Gasteiger partial charge in [0.1, 0.15) is 5.78 Å². The molecule has 0 aromatic heterocycles. The monoisotopic (exact) mass is 595 g/mol. The van der Waals surface area contributed by atoms with Crippen molar-refractivity contribution >= 4 is 5.78 Å². The minimum absolute atomic E-state index is 0.000841. The topological polar surface area (TPSA) is 117 Å². The Labute approximate surface area is 253 Å². The SMILES string of the molecule is CC(=O)CC[C@]1([N+](=O)[O-])CC[C@H]2[C@@H]3CC[C@@]4(O)CC5(CCC4=C3[C@@H](c3ccc(C4(C)OCCO4)cc3)C[C@@]21C)OCCO5. The molecule has 7 rings (SSSR count). The van der Waals surface area contributed by atoms with Crippen LogP contribution in [0.15, 0.2) is 35.4 Å². The molecule has 6 atom stereocenters. The Morgan fingerprint density at radius 1 is 1.00 bits per heavy atom. The summed E-state index contributed by atoms with van der Waals surface area (Å²) in [7, 11) is 0. The lowest BCUT2D eigenvalue weighted by Gasteiger charge is -2.56. The first-order chi connectivity index (χ1) is 20.4. The third kappa shape index (κ3) is 4.40. The van der Waals surface area contributed by atoms with E-state index in [0.717, 1.165) is 29.5 Å². The number of allylic oxidation sites excluding steroid dienone is 1. The molecule has 9 nitrogen and oxygen atoms in total.